The number of benzene rings is 2. The number of primary amides is 1. The highest BCUT2D eigenvalue weighted by Crippen LogP contribution is 2.48. The average Bonchev–Trinajstić information content (AvgIpc) is 1.37. The molecule has 0 saturated carbocycles. The number of rotatable bonds is 18. The number of carbonyl (C=O) groups is 13. The summed E-state index contributed by atoms with van der Waals surface area (Å²) in [5.41, 5.74) is 13.4. The van der Waals surface area contributed by atoms with Crippen molar-refractivity contribution in [3.8, 4) is 11.5 Å². The monoisotopic (exact) mass is 2040 g/mol. The fourth-order valence-corrected chi connectivity index (χ4v) is 18.6. The molecule has 9 heterocycles. The summed E-state index contributed by atoms with van der Waals surface area (Å²) in [4.78, 5) is 231. The Hall–Kier alpha value is -11.5. The first-order chi connectivity index (χ1) is 65.0. The van der Waals surface area contributed by atoms with Gasteiger partial charge in [0.25, 0.3) is 27.8 Å². The van der Waals surface area contributed by atoms with Gasteiger partial charge in [-0.25, -0.2) is 34.1 Å². The smallest absolute Gasteiger partial charge is 0.351 e. The van der Waals surface area contributed by atoms with Crippen LogP contribution in [-0.4, -0.2) is 367 Å². The van der Waals surface area contributed by atoms with Gasteiger partial charge < -0.3 is 111 Å². The van der Waals surface area contributed by atoms with Crippen LogP contribution in [0.1, 0.15) is 150 Å². The van der Waals surface area contributed by atoms with Crippen LogP contribution in [-0.2, 0) is 81.4 Å². The second-order valence-corrected chi connectivity index (χ2v) is 39.9. The molecule has 139 heavy (non-hydrogen) atoms. The Kier molecular flexibility index (Phi) is 41.2. The number of aliphatic hydroxyl groups is 3. The fourth-order valence-electron chi connectivity index (χ4n) is 16.0. The van der Waals surface area contributed by atoms with Crippen molar-refractivity contribution in [3.05, 3.63) is 79.4 Å². The zero-order valence-corrected chi connectivity index (χ0v) is 84.1. The van der Waals surface area contributed by atoms with E-state index in [1.165, 1.54) is 104 Å². The van der Waals surface area contributed by atoms with Gasteiger partial charge in [0, 0.05) is 98.5 Å². The highest BCUT2D eigenvalue weighted by Gasteiger charge is 2.49. The molecule has 770 valence electrons. The molecule has 54 heteroatoms. The van der Waals surface area contributed by atoms with E-state index in [-0.39, 0.29) is 71.2 Å². The van der Waals surface area contributed by atoms with Crippen LogP contribution in [0, 0.1) is 37.5 Å². The number of aromatic amines is 1. The van der Waals surface area contributed by atoms with E-state index in [1.54, 1.807) is 81.1 Å². The number of cyclic esters (lactones) is 2. The molecule has 50 nitrogen and oxygen atoms in total. The van der Waals surface area contributed by atoms with E-state index in [9.17, 15) is 85.5 Å². The minimum absolute atomic E-state index is 0.0537. The Balaban J connectivity index is 0.000000426. The molecule has 8 aliphatic rings. The number of amides is 11. The van der Waals surface area contributed by atoms with Crippen LogP contribution in [0.2, 0.25) is 0 Å². The van der Waals surface area contributed by atoms with Crippen molar-refractivity contribution in [2.75, 3.05) is 131 Å². The number of ether oxygens (including phenoxy) is 3. The summed E-state index contributed by atoms with van der Waals surface area (Å²) in [6, 6.07) is -6.53. The minimum Gasteiger partial charge on any atom is -0.458 e. The number of hydrogen-bond acceptors (Lipinski definition) is 33. The number of alkyl halides is 2. The second-order valence-electron chi connectivity index (χ2n) is 35.5. The first-order valence-corrected chi connectivity index (χ1v) is 49.1. The lowest BCUT2D eigenvalue weighted by Gasteiger charge is -2.36. The number of fused-ring (bicyclic) bond motifs is 4. The summed E-state index contributed by atoms with van der Waals surface area (Å²) >= 11 is 11.2. The molecule has 11 rings (SSSR count). The maximum absolute atomic E-state index is 15.2. The fraction of sp³-hybridized carbons (Fsp3) is 0.624. The van der Waals surface area contributed by atoms with Crippen molar-refractivity contribution in [3.63, 3.8) is 0 Å². The van der Waals surface area contributed by atoms with Gasteiger partial charge in [-0.05, 0) is 101 Å². The number of halogens is 2. The summed E-state index contributed by atoms with van der Waals surface area (Å²) in [6.07, 6.45) is -1.98. The Morgan fingerprint density at radius 2 is 1.19 bits per heavy atom. The number of nitrogens with zero attached hydrogens (tertiary/aromatic N) is 14. The average molecular weight is 2040 g/mol. The van der Waals surface area contributed by atoms with Crippen LogP contribution >= 0.6 is 30.9 Å². The summed E-state index contributed by atoms with van der Waals surface area (Å²) in [5, 5.41) is 50.6. The van der Waals surface area contributed by atoms with Gasteiger partial charge in [0.1, 0.15) is 95.9 Å². The Labute approximate surface area is 812 Å². The predicted octanol–water partition coefficient (Wildman–Crippen LogP) is -0.380. The lowest BCUT2D eigenvalue weighted by Crippen LogP contribution is -2.61. The highest BCUT2D eigenvalue weighted by molar-refractivity contribution is 7.85. The number of imidazole rings is 1. The van der Waals surface area contributed by atoms with Crippen molar-refractivity contribution in [1.29, 1.82) is 0 Å². The van der Waals surface area contributed by atoms with Crippen molar-refractivity contribution >= 4 is 146 Å². The molecule has 0 bridgehead atoms. The number of carbonyl (C=O) groups excluding carboxylic acids is 13. The Morgan fingerprint density at radius 3 is 1.62 bits per heavy atom. The van der Waals surface area contributed by atoms with Gasteiger partial charge >= 0.3 is 25.3 Å². The Morgan fingerprint density at radius 1 is 0.705 bits per heavy atom. The van der Waals surface area contributed by atoms with Gasteiger partial charge in [0.05, 0.1) is 55.7 Å². The first-order valence-electron chi connectivity index (χ1n) is 44.6. The number of aromatic nitrogens is 5. The molecule has 6 fully saturated rings. The van der Waals surface area contributed by atoms with Crippen LogP contribution in [0.5, 0.6) is 0 Å². The van der Waals surface area contributed by atoms with Gasteiger partial charge in [-0.2, -0.15) is 13.4 Å². The van der Waals surface area contributed by atoms with Gasteiger partial charge in [-0.3, -0.25) is 76.2 Å². The molecule has 3 aromatic rings. The standard InChI is InChI=1S/C62H86N12O16.C9H13N3O5.C7H15Cl2N2O2P.C6H10N6O.CH4O3S/c1-27(2)42-59(84)73-23-17-19-36(73)57(82)69(13)25-38(75)71(15)48(29(5)6)61(86)88-33(11)44(55(80)65-42)67-53(78)35-22-21-31(9)51-46(35)64-47-40(41(63)50(77)32(10)52(47)90-51)54(79)68-45-34(12)89-62(87)49(30(7)8)72(16)39(76)26-70(14)58(83)37-20-18-24-74(37)60(85)43(28(3)4)66-56(45)81;10-5-1-2-12(9(16)11-5)8-7(15)6(14)4(3-13)17-8;8-2-5-11(6-3-9)14(12)10-4-1-7-13-14;1-12(2)11-10-6-4(5(7)13)8-3-9-6;1-5(2,3)4/h21-22,27-30,33-34,36-37,42-45,48-49H,17-20,23-26,63H2,1-16H3,(H,65,80)(H,66,81)(H,67,78)(H,68,79);1-2,4,6-8,13-15H,3H2,(H2,10,11,16);1-7H2,(H,10,12);3H,1-2H3,(H2,7,13)(H,8,9);1H3,(H,2,3,4)/t;4-,6-,7+,8-;;;/m.1.../s1. The topological polar surface area (TPSA) is 686 Å². The van der Waals surface area contributed by atoms with E-state index in [0.29, 0.717) is 56.1 Å². The zero-order valence-electron chi connectivity index (χ0n) is 80.9. The SMILES string of the molecule is CN(C)N=Nc1nc[nH]c1C(N)=O.CS(=O)(=O)O.Cc1c2oc3c(C)ccc(C(=O)NC4C(=O)NC(C(C)C)C(=O)N5CCCC5C(=O)N(C)CC(=O)N(C)C(C(C)C)C(=O)OC4C)c3nc-2c(C(=O)NC2C(=O)NC(C(C)C)C(=O)N3CCCC3C(=O)N(C)CC(=O)N(C)C(C(C)C)C(=O)OC2C)c(N)c1=O.Nc1ccn([C@@H]2O[C@H](CO)[C@@H](O)[C@@H]2O)c(=O)n1.O=P1(N(CCCl)CCCl)NCCCO1. The molecule has 6 saturated heterocycles. The largest absolute Gasteiger partial charge is 0.458 e. The summed E-state index contributed by atoms with van der Waals surface area (Å²) < 4.78 is 69.5. The quantitative estimate of drug-likeness (QED) is 0.00777. The summed E-state index contributed by atoms with van der Waals surface area (Å²) in [7, 11) is 2.49. The number of aliphatic hydroxyl groups excluding tert-OH is 3. The van der Waals surface area contributed by atoms with E-state index in [2.05, 4.69) is 51.6 Å². The van der Waals surface area contributed by atoms with E-state index >= 15 is 9.59 Å². The van der Waals surface area contributed by atoms with Crippen LogP contribution in [0.3, 0.4) is 0 Å². The van der Waals surface area contributed by atoms with Crippen LogP contribution < -0.4 is 54.7 Å². The third-order valence-corrected chi connectivity index (χ3v) is 25.9. The van der Waals surface area contributed by atoms with Crippen molar-refractivity contribution in [2.24, 2.45) is 39.7 Å². The molecule has 1 aromatic carbocycles. The summed E-state index contributed by atoms with van der Waals surface area (Å²) in [6.45, 7) is 20.2. The number of H-pyrrole nitrogens is 1. The van der Waals surface area contributed by atoms with Crippen molar-refractivity contribution in [2.45, 2.75) is 200 Å². The molecule has 0 spiro atoms. The number of nitrogens with two attached hydrogens (primary N) is 3. The molecule has 1 aliphatic carbocycles. The molecule has 7 aliphatic heterocycles. The molecular formula is C85H128Cl2N23O27PS. The third-order valence-electron chi connectivity index (χ3n) is 23.3. The molecule has 11 unspecified atom stereocenters. The van der Waals surface area contributed by atoms with Crippen LogP contribution in [0.25, 0.3) is 22.6 Å². The number of esters is 2. The Bertz CT molecular complexity index is 5570. The van der Waals surface area contributed by atoms with E-state index in [1.807, 2.05) is 0 Å². The third kappa shape index (κ3) is 28.7. The van der Waals surface area contributed by atoms with Crippen LogP contribution in [0.4, 0.5) is 17.3 Å². The first kappa shape index (κ1) is 114. The lowest BCUT2D eigenvalue weighted by molar-refractivity contribution is -0.163. The maximum atomic E-state index is 15.2. The number of nitrogens with one attached hydrogen (secondary N) is 6. The molecule has 11 amide bonds. The number of likely N-dealkylation sites (N-methyl/N-ethyl adjacent to an activating group) is 4. The molecule has 2 aromatic heterocycles. The van der Waals surface area contributed by atoms with Gasteiger partial charge in [-0.15, -0.1) is 28.3 Å². The minimum atomic E-state index is -3.67. The van der Waals surface area contributed by atoms with Crippen LogP contribution in [0.15, 0.2) is 55.1 Å². The number of hydrogen-bond donors (Lipinski definition) is 13. The number of aryl methyl sites for hydroxylation is 1. The molecule has 16 N–H and O–H groups in total. The van der Waals surface area contributed by atoms with E-state index < -0.39 is 251 Å². The van der Waals surface area contributed by atoms with E-state index in [4.69, 9.17) is 78.2 Å². The zero-order chi connectivity index (χ0) is 104. The lowest BCUT2D eigenvalue weighted by atomic mass is 9.98. The molecule has 0 radical (unpaired) electrons. The number of anilines is 2. The maximum Gasteiger partial charge on any atom is 0.351 e. The van der Waals surface area contributed by atoms with Gasteiger partial charge in [-0.1, -0.05) is 66.7 Å². The predicted molar refractivity (Wildman–Crippen MR) is 503 cm³/mol. The van der Waals surface area contributed by atoms with E-state index in [0.717, 1.165) is 27.3 Å². The molecular weight excluding hydrogens is 1910 g/mol. The summed E-state index contributed by atoms with van der Waals surface area (Å²) in [5.74, 6) is -11.9. The van der Waals surface area contributed by atoms with Crippen molar-refractivity contribution < 1.29 is 118 Å². The van der Waals surface area contributed by atoms with Crippen molar-refractivity contribution in [1.82, 2.24) is 89.9 Å². The normalized spacial score (nSPS) is 25.3. The van der Waals surface area contributed by atoms with Gasteiger partial charge in [0.2, 0.25) is 58.5 Å². The highest BCUT2D eigenvalue weighted by atomic mass is 35.5. The number of nitrogen functional groups attached to an aromatic ring is 2. The second kappa shape index (κ2) is 50.0. The van der Waals surface area contributed by atoms with Gasteiger partial charge in [0.15, 0.2) is 23.3 Å². The molecule has 15 atom stereocenters.